The van der Waals surface area contributed by atoms with E-state index in [2.05, 4.69) is 15.6 Å². The lowest BCUT2D eigenvalue weighted by Crippen LogP contribution is -2.61. The van der Waals surface area contributed by atoms with Crippen molar-refractivity contribution in [3.63, 3.8) is 0 Å². The SMILES string of the molecule is CN1C(=N)N[C@](C)(c2cc(NC(=O)c3ncccc3C(F)(F)F)ccc2F)CS1(=O)=O. The molecule has 13 heteroatoms. The number of carbonyl (C=O) groups excluding carboxylic acids is 1. The molecule has 1 fully saturated rings. The van der Waals surface area contributed by atoms with Gasteiger partial charge in [0.1, 0.15) is 11.5 Å². The lowest BCUT2D eigenvalue weighted by molar-refractivity contribution is -0.138. The van der Waals surface area contributed by atoms with Crippen LogP contribution in [0.1, 0.15) is 28.5 Å². The summed E-state index contributed by atoms with van der Waals surface area (Å²) in [4.78, 5) is 15.9. The third kappa shape index (κ3) is 4.31. The normalized spacial score (nSPS) is 20.8. The Bertz CT molecular complexity index is 1170. The smallest absolute Gasteiger partial charge is 0.345 e. The molecule has 0 bridgehead atoms. The van der Waals surface area contributed by atoms with Gasteiger partial charge in [-0.3, -0.25) is 15.2 Å². The molecule has 1 amide bonds. The number of hydrogen-bond donors (Lipinski definition) is 3. The van der Waals surface area contributed by atoms with Crippen molar-refractivity contribution in [2.45, 2.75) is 18.6 Å². The first-order valence-corrected chi connectivity index (χ1v) is 10.3. The fourth-order valence-electron chi connectivity index (χ4n) is 3.15. The molecule has 31 heavy (non-hydrogen) atoms. The number of nitrogens with one attached hydrogen (secondary N) is 3. The Balaban J connectivity index is 1.96. The van der Waals surface area contributed by atoms with Crippen LogP contribution >= 0.6 is 0 Å². The number of rotatable bonds is 3. The second-order valence-electron chi connectivity index (χ2n) is 7.08. The number of aromatic nitrogens is 1. The van der Waals surface area contributed by atoms with Gasteiger partial charge in [-0.2, -0.15) is 13.2 Å². The summed E-state index contributed by atoms with van der Waals surface area (Å²) in [6.45, 7) is 1.36. The van der Waals surface area contributed by atoms with Crippen molar-refractivity contribution in [1.29, 1.82) is 5.41 Å². The molecule has 3 rings (SSSR count). The third-order valence-electron chi connectivity index (χ3n) is 4.74. The fraction of sp³-hybridized carbons (Fsp3) is 0.278. The molecule has 1 aliphatic rings. The molecular weight excluding hydrogens is 442 g/mol. The van der Waals surface area contributed by atoms with Gasteiger partial charge in [-0.05, 0) is 37.3 Å². The number of pyridine rings is 1. The first kappa shape index (κ1) is 22.5. The Kier molecular flexibility index (Phi) is 5.42. The number of nitrogens with zero attached hydrogens (tertiary/aromatic N) is 2. The molecule has 1 aliphatic heterocycles. The molecule has 1 aromatic carbocycles. The van der Waals surface area contributed by atoms with E-state index in [4.69, 9.17) is 5.41 Å². The van der Waals surface area contributed by atoms with Gasteiger partial charge in [0, 0.05) is 24.5 Å². The number of sulfonamides is 1. The van der Waals surface area contributed by atoms with E-state index >= 15 is 0 Å². The highest BCUT2D eigenvalue weighted by molar-refractivity contribution is 7.89. The van der Waals surface area contributed by atoms with E-state index in [9.17, 15) is 30.8 Å². The first-order valence-electron chi connectivity index (χ1n) is 8.71. The average Bonchev–Trinajstić information content (AvgIpc) is 2.66. The Morgan fingerprint density at radius 3 is 2.61 bits per heavy atom. The maximum absolute atomic E-state index is 14.6. The minimum atomic E-state index is -4.81. The van der Waals surface area contributed by atoms with Crippen LogP contribution in [0.5, 0.6) is 0 Å². The average molecular weight is 459 g/mol. The van der Waals surface area contributed by atoms with Crippen molar-refractivity contribution in [3.05, 3.63) is 59.2 Å². The Morgan fingerprint density at radius 1 is 1.32 bits per heavy atom. The third-order valence-corrected chi connectivity index (χ3v) is 6.70. The minimum Gasteiger partial charge on any atom is -0.345 e. The number of amides is 1. The first-order chi connectivity index (χ1) is 14.2. The van der Waals surface area contributed by atoms with E-state index in [0.717, 1.165) is 30.5 Å². The minimum absolute atomic E-state index is 0.0777. The molecule has 0 radical (unpaired) electrons. The number of guanidine groups is 1. The van der Waals surface area contributed by atoms with Gasteiger partial charge in [-0.25, -0.2) is 17.1 Å². The van der Waals surface area contributed by atoms with Crippen LogP contribution in [0.4, 0.5) is 23.2 Å². The summed E-state index contributed by atoms with van der Waals surface area (Å²) >= 11 is 0. The molecule has 1 saturated heterocycles. The van der Waals surface area contributed by atoms with Crippen LogP contribution < -0.4 is 10.6 Å². The van der Waals surface area contributed by atoms with Gasteiger partial charge in [0.2, 0.25) is 16.0 Å². The zero-order valence-electron chi connectivity index (χ0n) is 16.2. The molecule has 0 unspecified atom stereocenters. The molecule has 0 spiro atoms. The van der Waals surface area contributed by atoms with Gasteiger partial charge in [0.25, 0.3) is 5.91 Å². The van der Waals surface area contributed by atoms with Crippen molar-refractivity contribution in [2.24, 2.45) is 0 Å². The van der Waals surface area contributed by atoms with Crippen molar-refractivity contribution >= 4 is 27.6 Å². The molecule has 2 heterocycles. The van der Waals surface area contributed by atoms with Crippen LogP contribution in [0.25, 0.3) is 0 Å². The molecule has 166 valence electrons. The largest absolute Gasteiger partial charge is 0.418 e. The van der Waals surface area contributed by atoms with Crippen molar-refractivity contribution in [2.75, 3.05) is 18.1 Å². The molecular formula is C18H17F4N5O3S. The van der Waals surface area contributed by atoms with Crippen LogP contribution in [0.3, 0.4) is 0 Å². The molecule has 1 aromatic heterocycles. The highest BCUT2D eigenvalue weighted by atomic mass is 32.2. The van der Waals surface area contributed by atoms with Crippen LogP contribution in [-0.2, 0) is 21.7 Å². The molecule has 8 nitrogen and oxygen atoms in total. The van der Waals surface area contributed by atoms with E-state index in [0.29, 0.717) is 10.4 Å². The van der Waals surface area contributed by atoms with Gasteiger partial charge in [0.15, 0.2) is 0 Å². The maximum atomic E-state index is 14.6. The van der Waals surface area contributed by atoms with Crippen molar-refractivity contribution in [1.82, 2.24) is 14.6 Å². The molecule has 3 N–H and O–H groups in total. The van der Waals surface area contributed by atoms with E-state index < -0.39 is 56.4 Å². The Labute approximate surface area is 174 Å². The van der Waals surface area contributed by atoms with Crippen molar-refractivity contribution in [3.8, 4) is 0 Å². The van der Waals surface area contributed by atoms with E-state index in [1.807, 2.05) is 0 Å². The lowest BCUT2D eigenvalue weighted by atomic mass is 9.93. The summed E-state index contributed by atoms with van der Waals surface area (Å²) in [7, 11) is -2.76. The van der Waals surface area contributed by atoms with Gasteiger partial charge in [-0.15, -0.1) is 0 Å². The predicted octanol–water partition coefficient (Wildman–Crippen LogP) is 2.51. The van der Waals surface area contributed by atoms with E-state index in [1.165, 1.54) is 14.0 Å². The van der Waals surface area contributed by atoms with Crippen LogP contribution in [0.2, 0.25) is 0 Å². The summed E-state index contributed by atoms with van der Waals surface area (Å²) in [6, 6.07) is 4.90. The summed E-state index contributed by atoms with van der Waals surface area (Å²) < 4.78 is 79.3. The zero-order chi connectivity index (χ0) is 23.2. The fourth-order valence-corrected chi connectivity index (χ4v) is 4.63. The highest BCUT2D eigenvalue weighted by Gasteiger charge is 2.43. The predicted molar refractivity (Wildman–Crippen MR) is 103 cm³/mol. The highest BCUT2D eigenvalue weighted by Crippen LogP contribution is 2.33. The number of hydrogen-bond acceptors (Lipinski definition) is 5. The molecule has 1 atom stereocenters. The van der Waals surface area contributed by atoms with Crippen molar-refractivity contribution < 1.29 is 30.8 Å². The topological polar surface area (TPSA) is 115 Å². The second kappa shape index (κ2) is 7.48. The number of halogens is 4. The molecule has 2 aromatic rings. The summed E-state index contributed by atoms with van der Waals surface area (Å²) in [5.74, 6) is -3.07. The summed E-state index contributed by atoms with van der Waals surface area (Å²) in [5.41, 5.74) is -3.93. The number of carbonyl (C=O) groups is 1. The quantitative estimate of drug-likeness (QED) is 0.610. The molecule has 0 saturated carbocycles. The van der Waals surface area contributed by atoms with Crippen LogP contribution in [0, 0.1) is 11.2 Å². The van der Waals surface area contributed by atoms with Gasteiger partial charge in [-0.1, -0.05) is 0 Å². The molecule has 0 aliphatic carbocycles. The second-order valence-corrected chi connectivity index (χ2v) is 9.08. The summed E-state index contributed by atoms with van der Waals surface area (Å²) in [6.07, 6.45) is -3.78. The monoisotopic (exact) mass is 459 g/mol. The Hall–Kier alpha value is -3.22. The number of anilines is 1. The number of alkyl halides is 3. The van der Waals surface area contributed by atoms with Gasteiger partial charge >= 0.3 is 6.18 Å². The summed E-state index contributed by atoms with van der Waals surface area (Å²) in [5, 5.41) is 12.7. The number of benzene rings is 1. The standard InChI is InChI=1S/C18H17F4N5O3S/c1-17(9-31(29,30)27(2)16(23)26-17)12-8-10(5-6-13(12)19)25-15(28)14-11(18(20,21)22)4-3-7-24-14/h3-8H,9H2,1-2H3,(H2,23,26)(H,25,28)/t17-/m0/s1. The van der Waals surface area contributed by atoms with Gasteiger partial charge < -0.3 is 10.6 Å². The maximum Gasteiger partial charge on any atom is 0.418 e. The van der Waals surface area contributed by atoms with E-state index in [1.54, 1.807) is 0 Å². The van der Waals surface area contributed by atoms with Crippen LogP contribution in [0.15, 0.2) is 36.5 Å². The van der Waals surface area contributed by atoms with Gasteiger partial charge in [0.05, 0.1) is 16.9 Å². The lowest BCUT2D eigenvalue weighted by Gasteiger charge is -2.40. The van der Waals surface area contributed by atoms with E-state index in [-0.39, 0.29) is 11.3 Å². The zero-order valence-corrected chi connectivity index (χ0v) is 17.0. The Morgan fingerprint density at radius 2 is 2.00 bits per heavy atom. The van der Waals surface area contributed by atoms with Crippen LogP contribution in [-0.4, -0.2) is 42.4 Å².